The fraction of sp³-hybridized carbons (Fsp3) is 0.333. The molecule has 1 aliphatic heterocycles. The lowest BCUT2D eigenvalue weighted by Crippen LogP contribution is -2.45. The summed E-state index contributed by atoms with van der Waals surface area (Å²) in [6.07, 6.45) is 3.60. The number of amides is 1. The van der Waals surface area contributed by atoms with Crippen molar-refractivity contribution in [3.8, 4) is 5.69 Å². The summed E-state index contributed by atoms with van der Waals surface area (Å²) in [5, 5.41) is 21.2. The van der Waals surface area contributed by atoms with Gasteiger partial charge in [0.2, 0.25) is 0 Å². The molecule has 120 valence electrons. The van der Waals surface area contributed by atoms with Crippen LogP contribution in [-0.4, -0.2) is 39.7 Å². The zero-order valence-corrected chi connectivity index (χ0v) is 12.4. The first-order valence-corrected chi connectivity index (χ1v) is 7.45. The van der Waals surface area contributed by atoms with Crippen molar-refractivity contribution < 1.29 is 9.72 Å². The van der Waals surface area contributed by atoms with Crippen molar-refractivity contribution in [3.63, 3.8) is 0 Å². The third-order valence-corrected chi connectivity index (χ3v) is 3.76. The second-order valence-corrected chi connectivity index (χ2v) is 5.44. The highest BCUT2D eigenvalue weighted by Crippen LogP contribution is 2.16. The van der Waals surface area contributed by atoms with Crippen molar-refractivity contribution in [2.75, 3.05) is 13.1 Å². The minimum Gasteiger partial charge on any atom is -0.347 e. The molecule has 3 rings (SSSR count). The number of piperidine rings is 1. The number of nitro groups is 1. The number of benzene rings is 1. The molecule has 1 aromatic heterocycles. The molecule has 0 unspecified atom stereocenters. The van der Waals surface area contributed by atoms with Gasteiger partial charge in [-0.25, -0.2) is 4.68 Å². The molecule has 1 atom stereocenters. The Kier molecular flexibility index (Phi) is 4.33. The summed E-state index contributed by atoms with van der Waals surface area (Å²) >= 11 is 0. The SMILES string of the molecule is O=C(N[C@H]1CCCNC1)c1ccn(-c2cccc([N+](=O)[O-])c2)n1. The molecule has 1 aliphatic rings. The molecule has 0 aliphatic carbocycles. The summed E-state index contributed by atoms with van der Waals surface area (Å²) in [4.78, 5) is 22.6. The number of nitrogens with one attached hydrogen (secondary N) is 2. The molecule has 1 aromatic carbocycles. The van der Waals surface area contributed by atoms with E-state index in [2.05, 4.69) is 15.7 Å². The lowest BCUT2D eigenvalue weighted by atomic mass is 10.1. The van der Waals surface area contributed by atoms with Crippen LogP contribution in [0.3, 0.4) is 0 Å². The van der Waals surface area contributed by atoms with Gasteiger partial charge in [0.05, 0.1) is 10.6 Å². The van der Waals surface area contributed by atoms with Crippen molar-refractivity contribution in [2.24, 2.45) is 0 Å². The van der Waals surface area contributed by atoms with Crippen LogP contribution in [0.5, 0.6) is 0 Å². The lowest BCUT2D eigenvalue weighted by molar-refractivity contribution is -0.384. The molecule has 0 bridgehead atoms. The molecular formula is C15H17N5O3. The molecule has 2 heterocycles. The first-order chi connectivity index (χ1) is 11.1. The van der Waals surface area contributed by atoms with E-state index in [0.717, 1.165) is 25.9 Å². The fourth-order valence-electron chi connectivity index (χ4n) is 2.57. The molecule has 0 spiro atoms. The van der Waals surface area contributed by atoms with Gasteiger partial charge in [0, 0.05) is 30.9 Å². The summed E-state index contributed by atoms with van der Waals surface area (Å²) < 4.78 is 1.46. The molecule has 1 amide bonds. The number of hydrogen-bond donors (Lipinski definition) is 2. The number of carbonyl (C=O) groups is 1. The van der Waals surface area contributed by atoms with E-state index in [1.807, 2.05) is 0 Å². The van der Waals surface area contributed by atoms with E-state index >= 15 is 0 Å². The Bertz CT molecular complexity index is 721. The molecule has 0 saturated carbocycles. The molecule has 0 radical (unpaired) electrons. The van der Waals surface area contributed by atoms with Gasteiger partial charge >= 0.3 is 0 Å². The number of hydrogen-bond acceptors (Lipinski definition) is 5. The number of carbonyl (C=O) groups excluding carboxylic acids is 1. The Balaban J connectivity index is 1.73. The molecule has 1 fully saturated rings. The molecule has 23 heavy (non-hydrogen) atoms. The van der Waals surface area contributed by atoms with Crippen LogP contribution in [0.25, 0.3) is 5.69 Å². The summed E-state index contributed by atoms with van der Waals surface area (Å²) in [6, 6.07) is 7.83. The summed E-state index contributed by atoms with van der Waals surface area (Å²) in [7, 11) is 0. The van der Waals surface area contributed by atoms with Gasteiger partial charge < -0.3 is 10.6 Å². The highest BCUT2D eigenvalue weighted by molar-refractivity contribution is 5.92. The highest BCUT2D eigenvalue weighted by atomic mass is 16.6. The van der Waals surface area contributed by atoms with Gasteiger partial charge in [0.1, 0.15) is 0 Å². The van der Waals surface area contributed by atoms with E-state index < -0.39 is 4.92 Å². The highest BCUT2D eigenvalue weighted by Gasteiger charge is 2.18. The van der Waals surface area contributed by atoms with Crippen molar-refractivity contribution in [1.29, 1.82) is 0 Å². The Morgan fingerprint density at radius 2 is 2.30 bits per heavy atom. The topological polar surface area (TPSA) is 102 Å². The van der Waals surface area contributed by atoms with E-state index in [1.165, 1.54) is 16.8 Å². The van der Waals surface area contributed by atoms with Crippen LogP contribution in [-0.2, 0) is 0 Å². The van der Waals surface area contributed by atoms with E-state index in [9.17, 15) is 14.9 Å². The van der Waals surface area contributed by atoms with E-state index in [1.54, 1.807) is 24.4 Å². The molecule has 8 nitrogen and oxygen atoms in total. The average Bonchev–Trinajstić information content (AvgIpc) is 3.06. The predicted molar refractivity (Wildman–Crippen MR) is 83.6 cm³/mol. The van der Waals surface area contributed by atoms with Crippen LogP contribution in [0.1, 0.15) is 23.3 Å². The number of aromatic nitrogens is 2. The Morgan fingerprint density at radius 1 is 1.43 bits per heavy atom. The van der Waals surface area contributed by atoms with E-state index in [4.69, 9.17) is 0 Å². The first kappa shape index (κ1) is 15.2. The monoisotopic (exact) mass is 315 g/mol. The van der Waals surface area contributed by atoms with Crippen LogP contribution >= 0.6 is 0 Å². The molecular weight excluding hydrogens is 298 g/mol. The largest absolute Gasteiger partial charge is 0.347 e. The Morgan fingerprint density at radius 3 is 3.04 bits per heavy atom. The number of rotatable bonds is 4. The predicted octanol–water partition coefficient (Wildman–Crippen LogP) is 1.26. The number of non-ortho nitro benzene ring substituents is 1. The van der Waals surface area contributed by atoms with Gasteiger partial charge in [-0.15, -0.1) is 0 Å². The zero-order chi connectivity index (χ0) is 16.2. The lowest BCUT2D eigenvalue weighted by Gasteiger charge is -2.23. The van der Waals surface area contributed by atoms with Crippen LogP contribution in [0.15, 0.2) is 36.5 Å². The van der Waals surface area contributed by atoms with Crippen LogP contribution in [0, 0.1) is 10.1 Å². The molecule has 8 heteroatoms. The summed E-state index contributed by atoms with van der Waals surface area (Å²) in [5.74, 6) is -0.233. The Labute approximate surface area is 132 Å². The van der Waals surface area contributed by atoms with Gasteiger partial charge in [-0.05, 0) is 31.5 Å². The first-order valence-electron chi connectivity index (χ1n) is 7.45. The maximum absolute atomic E-state index is 12.2. The molecule has 2 aromatic rings. The normalized spacial score (nSPS) is 17.7. The minimum atomic E-state index is -0.462. The second kappa shape index (κ2) is 6.57. The maximum atomic E-state index is 12.2. The van der Waals surface area contributed by atoms with Crippen LogP contribution < -0.4 is 10.6 Å². The standard InChI is InChI=1S/C15H17N5O3/c21-15(17-11-3-2-7-16-10-11)14-6-8-19(18-14)12-4-1-5-13(9-12)20(22)23/h1,4-6,8-9,11,16H,2-3,7,10H2,(H,17,21)/t11-/m0/s1. The van der Waals surface area contributed by atoms with Crippen molar-refractivity contribution in [3.05, 3.63) is 52.3 Å². The van der Waals surface area contributed by atoms with Crippen LogP contribution in [0.2, 0.25) is 0 Å². The third kappa shape index (κ3) is 3.54. The number of nitro benzene ring substituents is 1. The van der Waals surface area contributed by atoms with Gasteiger partial charge in [-0.2, -0.15) is 5.10 Å². The van der Waals surface area contributed by atoms with Crippen molar-refractivity contribution in [1.82, 2.24) is 20.4 Å². The Hall–Kier alpha value is -2.74. The zero-order valence-electron chi connectivity index (χ0n) is 12.4. The van der Waals surface area contributed by atoms with Gasteiger partial charge in [-0.1, -0.05) is 6.07 Å². The summed E-state index contributed by atoms with van der Waals surface area (Å²) in [5.41, 5.74) is 0.817. The van der Waals surface area contributed by atoms with Crippen molar-refractivity contribution >= 4 is 11.6 Å². The molecule has 1 saturated heterocycles. The maximum Gasteiger partial charge on any atom is 0.272 e. The van der Waals surface area contributed by atoms with Gasteiger partial charge in [-0.3, -0.25) is 14.9 Å². The van der Waals surface area contributed by atoms with Gasteiger partial charge in [0.25, 0.3) is 11.6 Å². The second-order valence-electron chi connectivity index (χ2n) is 5.44. The van der Waals surface area contributed by atoms with E-state index in [0.29, 0.717) is 11.4 Å². The smallest absolute Gasteiger partial charge is 0.272 e. The van der Waals surface area contributed by atoms with Gasteiger partial charge in [0.15, 0.2) is 5.69 Å². The third-order valence-electron chi connectivity index (χ3n) is 3.76. The number of nitrogens with zero attached hydrogens (tertiary/aromatic N) is 3. The minimum absolute atomic E-state index is 0.0164. The fourth-order valence-corrected chi connectivity index (χ4v) is 2.57. The van der Waals surface area contributed by atoms with Crippen molar-refractivity contribution in [2.45, 2.75) is 18.9 Å². The quantitative estimate of drug-likeness (QED) is 0.653. The van der Waals surface area contributed by atoms with Crippen LogP contribution in [0.4, 0.5) is 5.69 Å². The summed E-state index contributed by atoms with van der Waals surface area (Å²) in [6.45, 7) is 1.74. The average molecular weight is 315 g/mol. The van der Waals surface area contributed by atoms with E-state index in [-0.39, 0.29) is 17.6 Å². The molecule has 2 N–H and O–H groups in total.